The zero-order valence-corrected chi connectivity index (χ0v) is 14.4. The van der Waals surface area contributed by atoms with E-state index in [-0.39, 0.29) is 18.2 Å². The van der Waals surface area contributed by atoms with Crippen molar-refractivity contribution in [2.45, 2.75) is 38.9 Å². The molecule has 2 aliphatic heterocycles. The molecule has 24 heavy (non-hydrogen) atoms. The van der Waals surface area contributed by atoms with Crippen molar-refractivity contribution in [2.75, 3.05) is 18.8 Å². The normalized spacial score (nSPS) is 24.3. The van der Waals surface area contributed by atoms with E-state index in [1.807, 2.05) is 0 Å². The molecule has 1 atom stereocenters. The maximum Gasteiger partial charge on any atom is 0.242 e. The van der Waals surface area contributed by atoms with E-state index in [0.29, 0.717) is 12.4 Å². The van der Waals surface area contributed by atoms with E-state index in [1.54, 1.807) is 0 Å². The Morgan fingerprint density at radius 1 is 1.38 bits per heavy atom. The number of hydrogen-bond donors (Lipinski definition) is 1. The maximum absolute atomic E-state index is 12.1. The van der Waals surface area contributed by atoms with E-state index >= 15 is 0 Å². The van der Waals surface area contributed by atoms with E-state index < -0.39 is 15.9 Å². The van der Waals surface area contributed by atoms with Crippen LogP contribution < -0.4 is 5.32 Å². The predicted octanol–water partition coefficient (Wildman–Crippen LogP) is -0.668. The van der Waals surface area contributed by atoms with Crippen LogP contribution in [0.4, 0.5) is 0 Å². The van der Waals surface area contributed by atoms with Gasteiger partial charge >= 0.3 is 0 Å². The van der Waals surface area contributed by atoms with Crippen molar-refractivity contribution in [3.63, 3.8) is 0 Å². The van der Waals surface area contributed by atoms with E-state index in [4.69, 9.17) is 0 Å². The number of carbonyl (C=O) groups excluding carboxylic acids is 1. The number of piperidine rings is 1. The first-order valence-corrected chi connectivity index (χ1v) is 9.80. The molecule has 0 aromatic carbocycles. The molecule has 2 aliphatic rings. The molecule has 3 rings (SSSR count). The number of rotatable bonds is 5. The quantitative estimate of drug-likeness (QED) is 0.747. The van der Waals surface area contributed by atoms with Crippen LogP contribution in [0, 0.1) is 5.92 Å². The Kier molecular flexibility index (Phi) is 4.95. The summed E-state index contributed by atoms with van der Waals surface area (Å²) in [6, 6.07) is -0.481. The topological polar surface area (TPSA) is 110 Å². The zero-order chi connectivity index (χ0) is 17.2. The van der Waals surface area contributed by atoms with Gasteiger partial charge < -0.3 is 5.32 Å². The van der Waals surface area contributed by atoms with Crippen LogP contribution in [0.5, 0.6) is 0 Å². The van der Waals surface area contributed by atoms with E-state index in [9.17, 15) is 13.2 Å². The molecule has 1 saturated heterocycles. The Morgan fingerprint density at radius 2 is 2.12 bits per heavy atom. The van der Waals surface area contributed by atoms with Crippen LogP contribution in [0.15, 0.2) is 11.5 Å². The van der Waals surface area contributed by atoms with Gasteiger partial charge in [0.15, 0.2) is 15.7 Å². The van der Waals surface area contributed by atoms with Gasteiger partial charge in [0, 0.05) is 5.41 Å². The number of likely N-dealkylation sites (tertiary alicyclic amines) is 1. The average molecular weight is 354 g/mol. The third-order valence-electron chi connectivity index (χ3n) is 4.42. The minimum Gasteiger partial charge on any atom is -0.347 e. The van der Waals surface area contributed by atoms with E-state index in [2.05, 4.69) is 32.7 Å². The summed E-state index contributed by atoms with van der Waals surface area (Å²) in [4.78, 5) is 14.4. The molecule has 1 amide bonds. The fourth-order valence-electron chi connectivity index (χ4n) is 2.93. The summed E-state index contributed by atoms with van der Waals surface area (Å²) in [5.74, 6) is 1.00. The fraction of sp³-hybridized carbons (Fsp3) is 0.714. The minimum atomic E-state index is -3.18. The molecule has 0 bridgehead atoms. The standard InChI is InChI=1S/C14H22N6O3S/c1-11-2-5-19(6-3-11)8-13-16-17-18-20(13)9-14(21)15-12-4-7-24(22,23)10-12/h4,7,11-12H,2-3,5-6,8-10H2,1H3,(H,15,21)/t12-/m1/s1. The molecule has 0 radical (unpaired) electrons. The first-order chi connectivity index (χ1) is 11.4. The SMILES string of the molecule is CC1CCN(Cc2nnnn2CC(=O)N[C@@H]2C=CS(=O)(=O)C2)CC1. The lowest BCUT2D eigenvalue weighted by molar-refractivity contribution is -0.122. The highest BCUT2D eigenvalue weighted by Crippen LogP contribution is 2.17. The molecular formula is C14H22N6O3S. The average Bonchev–Trinajstić information content (AvgIpc) is 3.08. The first kappa shape index (κ1) is 17.0. The van der Waals surface area contributed by atoms with Crippen molar-refractivity contribution < 1.29 is 13.2 Å². The largest absolute Gasteiger partial charge is 0.347 e. The molecule has 1 aromatic heterocycles. The van der Waals surface area contributed by atoms with Crippen LogP contribution in [0.1, 0.15) is 25.6 Å². The molecule has 0 aliphatic carbocycles. The number of aromatic nitrogens is 4. The summed E-state index contributed by atoms with van der Waals surface area (Å²) in [6.07, 6.45) is 3.80. The third kappa shape index (κ3) is 4.38. The van der Waals surface area contributed by atoms with Gasteiger partial charge in [-0.1, -0.05) is 6.92 Å². The van der Waals surface area contributed by atoms with Gasteiger partial charge in [0.2, 0.25) is 5.91 Å². The molecular weight excluding hydrogens is 332 g/mol. The molecule has 0 saturated carbocycles. The van der Waals surface area contributed by atoms with Crippen LogP contribution in [0.3, 0.4) is 0 Å². The van der Waals surface area contributed by atoms with Crippen LogP contribution in [0.2, 0.25) is 0 Å². The highest BCUT2D eigenvalue weighted by molar-refractivity contribution is 7.94. The van der Waals surface area contributed by atoms with Gasteiger partial charge in [0.25, 0.3) is 0 Å². The first-order valence-electron chi connectivity index (χ1n) is 8.09. The predicted molar refractivity (Wildman–Crippen MR) is 86.3 cm³/mol. The van der Waals surface area contributed by atoms with Gasteiger partial charge in [-0.3, -0.25) is 9.69 Å². The summed E-state index contributed by atoms with van der Waals surface area (Å²) in [7, 11) is -3.18. The third-order valence-corrected chi connectivity index (χ3v) is 5.81. The number of nitrogens with zero attached hydrogens (tertiary/aromatic N) is 5. The summed E-state index contributed by atoms with van der Waals surface area (Å²) in [5.41, 5.74) is 0. The van der Waals surface area contributed by atoms with Gasteiger partial charge in [-0.2, -0.15) is 0 Å². The molecule has 0 unspecified atom stereocenters. The van der Waals surface area contributed by atoms with Crippen molar-refractivity contribution in [1.29, 1.82) is 0 Å². The number of hydrogen-bond acceptors (Lipinski definition) is 7. The summed E-state index contributed by atoms with van der Waals surface area (Å²) in [5, 5.41) is 15.3. The van der Waals surface area contributed by atoms with Crippen molar-refractivity contribution in [1.82, 2.24) is 30.4 Å². The van der Waals surface area contributed by atoms with Gasteiger partial charge in [0.05, 0.1) is 18.3 Å². The Bertz CT molecular complexity index is 721. The summed E-state index contributed by atoms with van der Waals surface area (Å²) in [6.45, 7) is 4.86. The van der Waals surface area contributed by atoms with Crippen LogP contribution >= 0.6 is 0 Å². The fourth-order valence-corrected chi connectivity index (χ4v) is 4.17. The second-order valence-electron chi connectivity index (χ2n) is 6.54. The second kappa shape index (κ2) is 6.98. The minimum absolute atomic E-state index is 0.0169. The summed E-state index contributed by atoms with van der Waals surface area (Å²) >= 11 is 0. The lowest BCUT2D eigenvalue weighted by Crippen LogP contribution is -2.38. The molecule has 1 N–H and O–H groups in total. The molecule has 1 fully saturated rings. The zero-order valence-electron chi connectivity index (χ0n) is 13.6. The number of tetrazole rings is 1. The lowest BCUT2D eigenvalue weighted by atomic mass is 9.99. The Hall–Kier alpha value is -1.81. The van der Waals surface area contributed by atoms with Crippen LogP contribution in [0.25, 0.3) is 0 Å². The molecule has 3 heterocycles. The van der Waals surface area contributed by atoms with Crippen LogP contribution in [-0.2, 0) is 27.7 Å². The molecule has 1 aromatic rings. The molecule has 10 heteroatoms. The van der Waals surface area contributed by atoms with Crippen LogP contribution in [-0.4, -0.2) is 64.3 Å². The van der Waals surface area contributed by atoms with Crippen molar-refractivity contribution in [2.24, 2.45) is 5.92 Å². The molecule has 132 valence electrons. The number of carbonyl (C=O) groups is 1. The highest BCUT2D eigenvalue weighted by atomic mass is 32.2. The second-order valence-corrected chi connectivity index (χ2v) is 8.47. The number of nitrogens with one attached hydrogen (secondary N) is 1. The van der Waals surface area contributed by atoms with Crippen molar-refractivity contribution >= 4 is 15.7 Å². The molecule has 9 nitrogen and oxygen atoms in total. The highest BCUT2D eigenvalue weighted by Gasteiger charge is 2.24. The Labute approximate surface area is 141 Å². The Balaban J connectivity index is 1.53. The Morgan fingerprint density at radius 3 is 2.79 bits per heavy atom. The van der Waals surface area contributed by atoms with Gasteiger partial charge in [-0.05, 0) is 48.4 Å². The molecule has 0 spiro atoms. The van der Waals surface area contributed by atoms with E-state index in [1.165, 1.54) is 10.8 Å². The number of amides is 1. The van der Waals surface area contributed by atoms with Gasteiger partial charge in [-0.25, -0.2) is 13.1 Å². The van der Waals surface area contributed by atoms with E-state index in [0.717, 1.165) is 37.3 Å². The van der Waals surface area contributed by atoms with Crippen molar-refractivity contribution in [3.8, 4) is 0 Å². The monoisotopic (exact) mass is 354 g/mol. The number of sulfone groups is 1. The van der Waals surface area contributed by atoms with Crippen molar-refractivity contribution in [3.05, 3.63) is 17.3 Å². The summed E-state index contributed by atoms with van der Waals surface area (Å²) < 4.78 is 24.2. The van der Waals surface area contributed by atoms with Gasteiger partial charge in [-0.15, -0.1) is 5.10 Å². The lowest BCUT2D eigenvalue weighted by Gasteiger charge is -2.29. The maximum atomic E-state index is 12.1. The smallest absolute Gasteiger partial charge is 0.242 e. The van der Waals surface area contributed by atoms with Gasteiger partial charge in [0.1, 0.15) is 6.54 Å².